The van der Waals surface area contributed by atoms with E-state index >= 15 is 0 Å². The van der Waals surface area contributed by atoms with Crippen molar-refractivity contribution in [3.63, 3.8) is 0 Å². The van der Waals surface area contributed by atoms with Crippen LogP contribution in [0.2, 0.25) is 0 Å². The molecule has 0 spiro atoms. The first-order valence-corrected chi connectivity index (χ1v) is 11.5. The van der Waals surface area contributed by atoms with E-state index in [0.29, 0.717) is 17.1 Å². The zero-order valence-electron chi connectivity index (χ0n) is 19.0. The van der Waals surface area contributed by atoms with Gasteiger partial charge in [-0.2, -0.15) is 0 Å². The molecule has 1 nitrogen and oxygen atoms in total. The molecule has 0 N–H and O–H groups in total. The van der Waals surface area contributed by atoms with E-state index in [1.54, 1.807) is 11.1 Å². The van der Waals surface area contributed by atoms with Crippen LogP contribution in [0.1, 0.15) is 99.8 Å². The molecule has 0 heterocycles. The minimum atomic E-state index is 0.206. The average Bonchev–Trinajstić information content (AvgIpc) is 2.99. The lowest BCUT2D eigenvalue weighted by Crippen LogP contribution is -2.40. The molecule has 4 aliphatic rings. The van der Waals surface area contributed by atoms with Crippen LogP contribution in [0.15, 0.2) is 34.9 Å². The molecule has 0 amide bonds. The van der Waals surface area contributed by atoms with Crippen LogP contribution in [0.3, 0.4) is 0 Å². The molecule has 0 aromatic rings. The van der Waals surface area contributed by atoms with Gasteiger partial charge in [-0.15, -0.1) is 0 Å². The van der Waals surface area contributed by atoms with Crippen molar-refractivity contribution >= 4 is 5.78 Å². The van der Waals surface area contributed by atoms with Gasteiger partial charge in [0, 0.05) is 6.42 Å². The first-order valence-electron chi connectivity index (χ1n) is 11.5. The van der Waals surface area contributed by atoms with Gasteiger partial charge in [-0.05, 0) is 72.0 Å². The average molecular weight is 371 g/mol. The second kappa shape index (κ2) is 8.93. The normalized spacial score (nSPS) is 36.4. The van der Waals surface area contributed by atoms with E-state index in [4.69, 9.17) is 0 Å². The Kier molecular flexibility index (Phi) is 7.33. The van der Waals surface area contributed by atoms with Gasteiger partial charge in [0.15, 0.2) is 5.78 Å². The molecule has 0 radical (unpaired) electrons. The fourth-order valence-corrected chi connectivity index (χ4v) is 5.55. The van der Waals surface area contributed by atoms with Crippen LogP contribution in [-0.2, 0) is 4.79 Å². The van der Waals surface area contributed by atoms with Crippen LogP contribution in [0, 0.1) is 22.7 Å². The maximum absolute atomic E-state index is 11.8. The van der Waals surface area contributed by atoms with Gasteiger partial charge in [0.1, 0.15) is 0 Å². The highest BCUT2D eigenvalue weighted by Crippen LogP contribution is 2.62. The molecule has 0 aliphatic heterocycles. The van der Waals surface area contributed by atoms with E-state index in [-0.39, 0.29) is 5.41 Å². The van der Waals surface area contributed by atoms with E-state index in [1.807, 2.05) is 19.9 Å². The lowest BCUT2D eigenvalue weighted by atomic mass is 9.54. The highest BCUT2D eigenvalue weighted by atomic mass is 16.1. The van der Waals surface area contributed by atoms with Crippen molar-refractivity contribution in [2.45, 2.75) is 99.8 Å². The molecule has 0 bridgehead atoms. The van der Waals surface area contributed by atoms with Crippen molar-refractivity contribution in [2.24, 2.45) is 22.7 Å². The monoisotopic (exact) mass is 370 g/mol. The van der Waals surface area contributed by atoms with Gasteiger partial charge in [0.05, 0.1) is 0 Å². The Hall–Kier alpha value is -1.11. The molecule has 0 saturated heterocycles. The van der Waals surface area contributed by atoms with Gasteiger partial charge in [0.2, 0.25) is 0 Å². The number of rotatable bonds is 1. The molecule has 4 aliphatic carbocycles. The first kappa shape index (κ1) is 22.2. The smallest absolute Gasteiger partial charge is 0.156 e. The molecule has 1 heteroatoms. The van der Waals surface area contributed by atoms with Crippen LogP contribution in [0.4, 0.5) is 0 Å². The van der Waals surface area contributed by atoms with E-state index in [9.17, 15) is 4.79 Å². The number of allylic oxidation sites excluding steroid dienone is 6. The SMILES string of the molecule is CC.CC1CCC2=C3C=CC4=CC(=O)CCC4(C)C3CCC21C.CCCC. The van der Waals surface area contributed by atoms with Crippen molar-refractivity contribution in [1.82, 2.24) is 0 Å². The summed E-state index contributed by atoms with van der Waals surface area (Å²) in [5, 5.41) is 0. The molecule has 0 aromatic heterocycles. The molecule has 4 unspecified atom stereocenters. The molecule has 152 valence electrons. The molecule has 1 fully saturated rings. The summed E-state index contributed by atoms with van der Waals surface area (Å²) in [4.78, 5) is 11.8. The Bertz CT molecular complexity index is 633. The summed E-state index contributed by atoms with van der Waals surface area (Å²) >= 11 is 0. The number of ketones is 1. The van der Waals surface area contributed by atoms with E-state index in [2.05, 4.69) is 46.8 Å². The molecule has 27 heavy (non-hydrogen) atoms. The van der Waals surface area contributed by atoms with E-state index in [0.717, 1.165) is 18.8 Å². The maximum Gasteiger partial charge on any atom is 0.156 e. The maximum atomic E-state index is 11.8. The summed E-state index contributed by atoms with van der Waals surface area (Å²) in [7, 11) is 0. The van der Waals surface area contributed by atoms with Crippen LogP contribution < -0.4 is 0 Å². The number of hydrogen-bond donors (Lipinski definition) is 0. The van der Waals surface area contributed by atoms with Crippen LogP contribution in [-0.4, -0.2) is 5.78 Å². The fourth-order valence-electron chi connectivity index (χ4n) is 5.55. The van der Waals surface area contributed by atoms with Crippen molar-refractivity contribution in [1.29, 1.82) is 0 Å². The van der Waals surface area contributed by atoms with Gasteiger partial charge in [-0.1, -0.05) is 79.0 Å². The third-order valence-corrected chi connectivity index (χ3v) is 7.86. The lowest BCUT2D eigenvalue weighted by molar-refractivity contribution is -0.115. The summed E-state index contributed by atoms with van der Waals surface area (Å²) < 4.78 is 0. The van der Waals surface area contributed by atoms with Crippen molar-refractivity contribution in [3.05, 3.63) is 34.9 Å². The third-order valence-electron chi connectivity index (χ3n) is 7.86. The highest BCUT2D eigenvalue weighted by molar-refractivity contribution is 5.92. The Morgan fingerprint density at radius 2 is 1.63 bits per heavy atom. The third kappa shape index (κ3) is 3.89. The van der Waals surface area contributed by atoms with Crippen LogP contribution in [0.25, 0.3) is 0 Å². The summed E-state index contributed by atoms with van der Waals surface area (Å²) in [6.07, 6.45) is 16.2. The molecule has 0 aromatic carbocycles. The summed E-state index contributed by atoms with van der Waals surface area (Å²) in [6.45, 7) is 15.7. The fraction of sp³-hybridized carbons (Fsp3) is 0.731. The molecular formula is C26H42O. The standard InChI is InChI=1S/C20H26O.C4H10.C2H6/c1-13-4-7-17-16-6-5-14-12-15(21)8-10-20(14,3)18(16)9-11-19(13,17)2;1-3-4-2;1-2/h5-6,12-13,18H,4,7-11H2,1-3H3;3-4H2,1-2H3;1-2H3. The Balaban J connectivity index is 0.000000389. The minimum absolute atomic E-state index is 0.206. The lowest BCUT2D eigenvalue weighted by Gasteiger charge is -2.50. The molecule has 4 atom stereocenters. The van der Waals surface area contributed by atoms with Gasteiger partial charge >= 0.3 is 0 Å². The number of hydrogen-bond acceptors (Lipinski definition) is 1. The summed E-state index contributed by atoms with van der Waals surface area (Å²) in [5.74, 6) is 1.79. The number of carbonyl (C=O) groups is 1. The number of fused-ring (bicyclic) bond motifs is 4. The zero-order valence-corrected chi connectivity index (χ0v) is 19.0. The van der Waals surface area contributed by atoms with Gasteiger partial charge in [-0.25, -0.2) is 0 Å². The highest BCUT2D eigenvalue weighted by Gasteiger charge is 2.51. The predicted octanol–water partition coefficient (Wildman–Crippen LogP) is 7.83. The van der Waals surface area contributed by atoms with Gasteiger partial charge < -0.3 is 0 Å². The van der Waals surface area contributed by atoms with E-state index < -0.39 is 0 Å². The predicted molar refractivity (Wildman–Crippen MR) is 118 cm³/mol. The Labute approximate surface area is 168 Å². The molecule has 1 saturated carbocycles. The van der Waals surface area contributed by atoms with Crippen LogP contribution >= 0.6 is 0 Å². The molecular weight excluding hydrogens is 328 g/mol. The second-order valence-electron chi connectivity index (χ2n) is 9.20. The van der Waals surface area contributed by atoms with Crippen molar-refractivity contribution < 1.29 is 4.79 Å². The zero-order chi connectivity index (χ0) is 20.2. The summed E-state index contributed by atoms with van der Waals surface area (Å²) in [5.41, 5.74) is 5.33. The Morgan fingerprint density at radius 3 is 2.26 bits per heavy atom. The van der Waals surface area contributed by atoms with Gasteiger partial charge in [0.25, 0.3) is 0 Å². The summed E-state index contributed by atoms with van der Waals surface area (Å²) in [6, 6.07) is 0. The van der Waals surface area contributed by atoms with Gasteiger partial charge in [-0.3, -0.25) is 4.79 Å². The Morgan fingerprint density at radius 1 is 0.963 bits per heavy atom. The van der Waals surface area contributed by atoms with Crippen molar-refractivity contribution in [3.8, 4) is 0 Å². The van der Waals surface area contributed by atoms with Crippen molar-refractivity contribution in [2.75, 3.05) is 0 Å². The second-order valence-corrected chi connectivity index (χ2v) is 9.20. The number of unbranched alkanes of at least 4 members (excludes halogenated alkanes) is 1. The minimum Gasteiger partial charge on any atom is -0.295 e. The number of carbonyl (C=O) groups excluding carboxylic acids is 1. The molecule has 4 rings (SSSR count). The first-order chi connectivity index (χ1) is 12.9. The quantitative estimate of drug-likeness (QED) is 0.459. The van der Waals surface area contributed by atoms with E-state index in [1.165, 1.54) is 44.1 Å². The largest absolute Gasteiger partial charge is 0.295 e. The van der Waals surface area contributed by atoms with Crippen LogP contribution in [0.5, 0.6) is 0 Å². The topological polar surface area (TPSA) is 17.1 Å².